The minimum atomic E-state index is -0.517. The summed E-state index contributed by atoms with van der Waals surface area (Å²) in [6, 6.07) is 7.96. The molecule has 1 aromatic heterocycles. The van der Waals surface area contributed by atoms with E-state index >= 15 is 0 Å². The fourth-order valence-corrected chi connectivity index (χ4v) is 2.19. The number of benzene rings is 1. The van der Waals surface area contributed by atoms with Crippen molar-refractivity contribution in [2.75, 3.05) is 7.11 Å². The maximum Gasteiger partial charge on any atom is 0.149 e. The maximum atomic E-state index is 9.46. The monoisotopic (exact) mass is 253 g/mol. The van der Waals surface area contributed by atoms with Crippen LogP contribution in [0.5, 0.6) is 5.75 Å². The van der Waals surface area contributed by atoms with Crippen molar-refractivity contribution in [3.05, 3.63) is 53.1 Å². The Morgan fingerprint density at radius 2 is 1.89 bits per heavy atom. The molecule has 96 valence electrons. The number of aromatic nitrogens is 2. The van der Waals surface area contributed by atoms with Crippen LogP contribution in [0.25, 0.3) is 0 Å². The highest BCUT2D eigenvalue weighted by molar-refractivity contribution is 5.49. The molecule has 4 heteroatoms. The van der Waals surface area contributed by atoms with Gasteiger partial charge < -0.3 is 4.74 Å². The molecule has 19 heavy (non-hydrogen) atoms. The molecule has 0 N–H and O–H groups in total. The van der Waals surface area contributed by atoms with E-state index in [1.807, 2.05) is 26.0 Å². The molecule has 1 aromatic carbocycles. The molecule has 4 nitrogen and oxygen atoms in total. The molecule has 0 radical (unpaired) electrons. The van der Waals surface area contributed by atoms with Crippen molar-refractivity contribution in [3.8, 4) is 11.8 Å². The number of hydrogen-bond acceptors (Lipinski definition) is 4. The lowest BCUT2D eigenvalue weighted by Crippen LogP contribution is -2.07. The molecule has 1 unspecified atom stereocenters. The third-order valence-corrected chi connectivity index (χ3v) is 2.97. The normalized spacial score (nSPS) is 11.7. The number of aryl methyl sites for hydroxylation is 2. The van der Waals surface area contributed by atoms with Gasteiger partial charge in [-0.15, -0.1) is 0 Å². The molecule has 0 saturated heterocycles. The quantitative estimate of drug-likeness (QED) is 0.844. The van der Waals surface area contributed by atoms with E-state index in [0.29, 0.717) is 11.6 Å². The number of methoxy groups -OCH3 is 1. The van der Waals surface area contributed by atoms with Gasteiger partial charge in [-0.1, -0.05) is 6.07 Å². The maximum absolute atomic E-state index is 9.46. The van der Waals surface area contributed by atoms with Gasteiger partial charge in [-0.2, -0.15) is 5.26 Å². The molecule has 1 heterocycles. The Hall–Kier alpha value is -2.41. The lowest BCUT2D eigenvalue weighted by Gasteiger charge is -2.16. The van der Waals surface area contributed by atoms with Crippen molar-refractivity contribution in [1.29, 1.82) is 5.26 Å². The van der Waals surface area contributed by atoms with Crippen LogP contribution < -0.4 is 4.74 Å². The number of nitrogens with zero attached hydrogens (tertiary/aromatic N) is 3. The van der Waals surface area contributed by atoms with Crippen LogP contribution in [0, 0.1) is 25.2 Å². The summed E-state index contributed by atoms with van der Waals surface area (Å²) >= 11 is 0. The van der Waals surface area contributed by atoms with Crippen LogP contribution >= 0.6 is 0 Å². The zero-order valence-electron chi connectivity index (χ0n) is 11.2. The molecule has 0 amide bonds. The van der Waals surface area contributed by atoms with E-state index in [1.165, 1.54) is 0 Å². The smallest absolute Gasteiger partial charge is 0.149 e. The van der Waals surface area contributed by atoms with Crippen molar-refractivity contribution in [1.82, 2.24) is 9.97 Å². The van der Waals surface area contributed by atoms with Crippen LogP contribution in [0.1, 0.15) is 28.4 Å². The minimum absolute atomic E-state index is 0.496. The molecule has 0 aliphatic carbocycles. The highest BCUT2D eigenvalue weighted by atomic mass is 16.5. The first-order valence-electron chi connectivity index (χ1n) is 5.99. The van der Waals surface area contributed by atoms with E-state index in [0.717, 1.165) is 16.7 Å². The van der Waals surface area contributed by atoms with Gasteiger partial charge in [-0.05, 0) is 37.1 Å². The summed E-state index contributed by atoms with van der Waals surface area (Å²) in [4.78, 5) is 8.35. The molecule has 2 rings (SSSR count). The topological polar surface area (TPSA) is 58.8 Å². The van der Waals surface area contributed by atoms with E-state index < -0.39 is 5.92 Å². The molecule has 0 saturated carbocycles. The van der Waals surface area contributed by atoms with Crippen LogP contribution in [0.2, 0.25) is 0 Å². The second kappa shape index (κ2) is 5.49. The average molecular weight is 253 g/mol. The predicted molar refractivity (Wildman–Crippen MR) is 72.0 cm³/mol. The predicted octanol–water partition coefficient (Wildman–Crippen LogP) is 2.76. The van der Waals surface area contributed by atoms with E-state index in [1.54, 1.807) is 25.6 Å². The third-order valence-electron chi connectivity index (χ3n) is 2.97. The SMILES string of the molecule is COc1cc(C)cc(C)c1C(C#N)c1ncccn1. The van der Waals surface area contributed by atoms with E-state index in [4.69, 9.17) is 4.74 Å². The fraction of sp³-hybridized carbons (Fsp3) is 0.267. The summed E-state index contributed by atoms with van der Waals surface area (Å²) in [5, 5.41) is 9.46. The van der Waals surface area contributed by atoms with Crippen LogP contribution in [-0.2, 0) is 0 Å². The zero-order valence-corrected chi connectivity index (χ0v) is 11.2. The molecular formula is C15H15N3O. The van der Waals surface area contributed by atoms with Gasteiger partial charge in [-0.3, -0.25) is 0 Å². The standard InChI is InChI=1S/C15H15N3O/c1-10-7-11(2)14(13(8-10)19-3)12(9-16)15-17-5-4-6-18-15/h4-8,12H,1-3H3. The van der Waals surface area contributed by atoms with Crippen molar-refractivity contribution in [2.45, 2.75) is 19.8 Å². The van der Waals surface area contributed by atoms with E-state index in [9.17, 15) is 5.26 Å². The summed E-state index contributed by atoms with van der Waals surface area (Å²) in [5.74, 6) is 0.684. The second-order valence-electron chi connectivity index (χ2n) is 4.37. The largest absolute Gasteiger partial charge is 0.496 e. The van der Waals surface area contributed by atoms with Crippen LogP contribution in [-0.4, -0.2) is 17.1 Å². The Kier molecular flexibility index (Phi) is 3.76. The van der Waals surface area contributed by atoms with Crippen molar-refractivity contribution >= 4 is 0 Å². The van der Waals surface area contributed by atoms with Gasteiger partial charge in [0.2, 0.25) is 0 Å². The van der Waals surface area contributed by atoms with E-state index in [-0.39, 0.29) is 0 Å². The van der Waals surface area contributed by atoms with Gasteiger partial charge in [0.05, 0.1) is 13.2 Å². The molecule has 1 atom stereocenters. The molecule has 0 aliphatic heterocycles. The van der Waals surface area contributed by atoms with Gasteiger partial charge in [0.15, 0.2) is 0 Å². The lowest BCUT2D eigenvalue weighted by molar-refractivity contribution is 0.408. The summed E-state index contributed by atoms with van der Waals surface area (Å²) < 4.78 is 5.40. The number of hydrogen-bond donors (Lipinski definition) is 0. The number of nitriles is 1. The Labute approximate surface area is 112 Å². The summed E-state index contributed by atoms with van der Waals surface area (Å²) in [7, 11) is 1.61. The zero-order chi connectivity index (χ0) is 13.8. The van der Waals surface area contributed by atoms with Gasteiger partial charge in [0.1, 0.15) is 17.5 Å². The lowest BCUT2D eigenvalue weighted by atomic mass is 9.92. The van der Waals surface area contributed by atoms with Crippen LogP contribution in [0.4, 0.5) is 0 Å². The summed E-state index contributed by atoms with van der Waals surface area (Å²) in [5.41, 5.74) is 2.95. The van der Waals surface area contributed by atoms with Gasteiger partial charge >= 0.3 is 0 Å². The van der Waals surface area contributed by atoms with Crippen LogP contribution in [0.3, 0.4) is 0 Å². The fourth-order valence-electron chi connectivity index (χ4n) is 2.19. The molecule has 0 spiro atoms. The molecule has 0 fully saturated rings. The minimum Gasteiger partial charge on any atom is -0.496 e. The van der Waals surface area contributed by atoms with Crippen LogP contribution in [0.15, 0.2) is 30.6 Å². The van der Waals surface area contributed by atoms with Crippen molar-refractivity contribution in [2.24, 2.45) is 0 Å². The molecule has 2 aromatic rings. The number of ether oxygens (including phenoxy) is 1. The summed E-state index contributed by atoms with van der Waals surface area (Å²) in [6.45, 7) is 3.97. The third kappa shape index (κ3) is 2.55. The first kappa shape index (κ1) is 13.0. The molecule has 0 aliphatic rings. The van der Waals surface area contributed by atoms with Crippen molar-refractivity contribution < 1.29 is 4.74 Å². The molecular weight excluding hydrogens is 238 g/mol. The Balaban J connectivity index is 2.60. The van der Waals surface area contributed by atoms with Gasteiger partial charge in [0.25, 0.3) is 0 Å². The first-order chi connectivity index (χ1) is 9.17. The Morgan fingerprint density at radius 3 is 2.47 bits per heavy atom. The van der Waals surface area contributed by atoms with E-state index in [2.05, 4.69) is 16.0 Å². The van der Waals surface area contributed by atoms with Crippen molar-refractivity contribution in [3.63, 3.8) is 0 Å². The Bertz CT molecular complexity index is 617. The average Bonchev–Trinajstić information content (AvgIpc) is 2.42. The van der Waals surface area contributed by atoms with Gasteiger partial charge in [0, 0.05) is 18.0 Å². The Morgan fingerprint density at radius 1 is 1.21 bits per heavy atom. The van der Waals surface area contributed by atoms with Gasteiger partial charge in [-0.25, -0.2) is 9.97 Å². The second-order valence-corrected chi connectivity index (χ2v) is 4.37. The number of rotatable bonds is 3. The highest BCUT2D eigenvalue weighted by Gasteiger charge is 2.22. The summed E-state index contributed by atoms with van der Waals surface area (Å²) in [6.07, 6.45) is 3.28. The first-order valence-corrected chi connectivity index (χ1v) is 5.99. The molecule has 0 bridgehead atoms. The highest BCUT2D eigenvalue weighted by Crippen LogP contribution is 2.33.